The molecule has 3 N–H and O–H groups in total. The Hall–Kier alpha value is -1.98. The average Bonchev–Trinajstić information content (AvgIpc) is 3.37. The van der Waals surface area contributed by atoms with Gasteiger partial charge in [0.05, 0.1) is 31.1 Å². The van der Waals surface area contributed by atoms with Gasteiger partial charge in [-0.25, -0.2) is 0 Å². The summed E-state index contributed by atoms with van der Waals surface area (Å²) in [5.41, 5.74) is 1.55. The predicted molar refractivity (Wildman–Crippen MR) is 121 cm³/mol. The van der Waals surface area contributed by atoms with Crippen LogP contribution < -0.4 is 0 Å². The zero-order valence-corrected chi connectivity index (χ0v) is 19.4. The molecule has 2 aromatic rings. The summed E-state index contributed by atoms with van der Waals surface area (Å²) >= 11 is 4.88. The van der Waals surface area contributed by atoms with Crippen molar-refractivity contribution in [2.24, 2.45) is 17.8 Å². The van der Waals surface area contributed by atoms with Gasteiger partial charge in [0, 0.05) is 14.9 Å². The number of aromatic hydroxyl groups is 1. The Balaban J connectivity index is 1.51. The Labute approximate surface area is 197 Å². The second kappa shape index (κ2) is 8.42. The fourth-order valence-electron chi connectivity index (χ4n) is 5.32. The van der Waals surface area contributed by atoms with E-state index < -0.39 is 31.0 Å². The lowest BCUT2D eigenvalue weighted by Gasteiger charge is -2.42. The number of phenols is 1. The van der Waals surface area contributed by atoms with Gasteiger partial charge in [0.25, 0.3) is 0 Å². The summed E-state index contributed by atoms with van der Waals surface area (Å²) in [5, 5.41) is 33.1. The molecule has 2 saturated heterocycles. The fourth-order valence-corrected chi connectivity index (χ4v) is 6.39. The number of allylic oxidation sites excluding steroid dienone is 1. The first-order chi connectivity index (χ1) is 15.4. The van der Waals surface area contributed by atoms with Crippen LogP contribution in [-0.2, 0) is 20.8 Å². The van der Waals surface area contributed by atoms with Crippen LogP contribution in [0.15, 0.2) is 51.2 Å². The van der Waals surface area contributed by atoms with Gasteiger partial charge in [-0.15, -0.1) is 11.3 Å². The van der Waals surface area contributed by atoms with E-state index in [4.69, 9.17) is 4.65 Å². The molecule has 5 rings (SSSR count). The smallest absolute Gasteiger partial charge is 0.487 e. The summed E-state index contributed by atoms with van der Waals surface area (Å²) in [4.78, 5) is 28.9. The number of hydrogen-bond donors (Lipinski definition) is 3. The number of aliphatic hydroxyl groups excluding tert-OH is 1. The molecule has 1 aliphatic carbocycles. The zero-order chi connectivity index (χ0) is 22.6. The Morgan fingerprint density at radius 3 is 2.75 bits per heavy atom. The first-order valence-electron chi connectivity index (χ1n) is 10.4. The number of carbonyl (C=O) groups is 2. The van der Waals surface area contributed by atoms with Crippen molar-refractivity contribution in [2.75, 3.05) is 6.61 Å². The SMILES string of the molecule is O=C1[C@H]2[C@H](CC(CO)=C3B(O)O[C@H](c4cc(Br)ccc4O)C[C@H]32)C(=O)N1Cc1cccs1. The number of fused-ring (bicyclic) bond motifs is 3. The van der Waals surface area contributed by atoms with Crippen LogP contribution in [0.4, 0.5) is 0 Å². The highest BCUT2D eigenvalue weighted by Crippen LogP contribution is 2.52. The van der Waals surface area contributed by atoms with Crippen molar-refractivity contribution in [1.29, 1.82) is 0 Å². The normalized spacial score (nSPS) is 27.7. The molecule has 32 heavy (non-hydrogen) atoms. The summed E-state index contributed by atoms with van der Waals surface area (Å²) in [6.45, 7) is -0.0809. The predicted octanol–water partition coefficient (Wildman–Crippen LogP) is 2.81. The molecule has 3 heterocycles. The van der Waals surface area contributed by atoms with Crippen LogP contribution in [0.2, 0.25) is 0 Å². The Morgan fingerprint density at radius 1 is 1.22 bits per heavy atom. The lowest BCUT2D eigenvalue weighted by Crippen LogP contribution is -2.45. The van der Waals surface area contributed by atoms with Crippen LogP contribution in [0.1, 0.15) is 29.4 Å². The number of carbonyl (C=O) groups excluding carboxylic acids is 2. The number of likely N-dealkylation sites (tertiary alicyclic amines) is 1. The average molecular weight is 518 g/mol. The van der Waals surface area contributed by atoms with Crippen LogP contribution in [0.3, 0.4) is 0 Å². The number of imide groups is 1. The highest BCUT2D eigenvalue weighted by atomic mass is 79.9. The maximum atomic E-state index is 13.4. The Morgan fingerprint density at radius 2 is 2.03 bits per heavy atom. The second-order valence-electron chi connectivity index (χ2n) is 8.42. The molecule has 166 valence electrons. The number of phenolic OH excluding ortho intramolecular Hbond substituents is 1. The van der Waals surface area contributed by atoms with Gasteiger partial charge in [-0.05, 0) is 59.5 Å². The topological polar surface area (TPSA) is 107 Å². The van der Waals surface area contributed by atoms with E-state index in [1.54, 1.807) is 12.1 Å². The summed E-state index contributed by atoms with van der Waals surface area (Å²) in [7, 11) is -1.32. The van der Waals surface area contributed by atoms with Crippen molar-refractivity contribution >= 4 is 46.2 Å². The first-order valence-corrected chi connectivity index (χ1v) is 12.1. The summed E-state index contributed by atoms with van der Waals surface area (Å²) in [5.74, 6) is -2.11. The van der Waals surface area contributed by atoms with Crippen molar-refractivity contribution in [1.82, 2.24) is 4.90 Å². The number of halogens is 1. The quantitative estimate of drug-likeness (QED) is 0.425. The van der Waals surface area contributed by atoms with Crippen molar-refractivity contribution in [3.8, 4) is 5.75 Å². The van der Waals surface area contributed by atoms with Crippen molar-refractivity contribution in [3.63, 3.8) is 0 Å². The molecule has 0 saturated carbocycles. The largest absolute Gasteiger partial charge is 0.508 e. The minimum Gasteiger partial charge on any atom is -0.508 e. The number of aliphatic hydroxyl groups is 1. The van der Waals surface area contributed by atoms with Gasteiger partial charge in [0.15, 0.2) is 0 Å². The van der Waals surface area contributed by atoms with E-state index in [2.05, 4.69) is 15.9 Å². The van der Waals surface area contributed by atoms with Gasteiger partial charge < -0.3 is 19.9 Å². The van der Waals surface area contributed by atoms with Crippen LogP contribution in [0, 0.1) is 17.8 Å². The molecular formula is C22H21BBrNO6S. The monoisotopic (exact) mass is 517 g/mol. The molecule has 2 fully saturated rings. The van der Waals surface area contributed by atoms with Gasteiger partial charge in [0.2, 0.25) is 11.8 Å². The molecule has 2 amide bonds. The first kappa shape index (κ1) is 21.8. The van der Waals surface area contributed by atoms with E-state index in [-0.39, 0.29) is 37.1 Å². The third-order valence-corrected chi connectivity index (χ3v) is 8.08. The van der Waals surface area contributed by atoms with E-state index in [9.17, 15) is 24.8 Å². The third kappa shape index (κ3) is 3.54. The molecule has 0 bridgehead atoms. The zero-order valence-electron chi connectivity index (χ0n) is 17.0. The molecule has 2 aliphatic heterocycles. The summed E-state index contributed by atoms with van der Waals surface area (Å²) < 4.78 is 6.58. The molecule has 7 nitrogen and oxygen atoms in total. The molecule has 3 aliphatic rings. The van der Waals surface area contributed by atoms with Gasteiger partial charge in [-0.2, -0.15) is 0 Å². The van der Waals surface area contributed by atoms with Gasteiger partial charge in [0.1, 0.15) is 5.75 Å². The van der Waals surface area contributed by atoms with E-state index in [0.717, 1.165) is 9.35 Å². The summed E-state index contributed by atoms with van der Waals surface area (Å²) in [6, 6.07) is 8.73. The minimum absolute atomic E-state index is 0.0284. The lowest BCUT2D eigenvalue weighted by molar-refractivity contribution is -0.140. The maximum absolute atomic E-state index is 13.4. The number of amides is 2. The number of thiophene rings is 1. The van der Waals surface area contributed by atoms with E-state index >= 15 is 0 Å². The highest BCUT2D eigenvalue weighted by molar-refractivity contribution is 9.10. The second-order valence-corrected chi connectivity index (χ2v) is 10.4. The standard InChI is InChI=1S/C22H21BBrNO6S/c24-12-3-4-17(27)14(7-12)18-8-15-19-16(6-11(10-26)20(15)23(30)31-18)21(28)25(22(19)29)9-13-2-1-5-32-13/h1-5,7,15-16,18-19,26-27,30H,6,8-10H2/t15-,16-,18-,19+/m0/s1. The van der Waals surface area contributed by atoms with Gasteiger partial charge in [-0.3, -0.25) is 14.5 Å². The van der Waals surface area contributed by atoms with E-state index in [1.165, 1.54) is 22.3 Å². The summed E-state index contributed by atoms with van der Waals surface area (Å²) in [6.07, 6.45) is -0.122. The molecule has 1 aromatic heterocycles. The Kier molecular flexibility index (Phi) is 5.75. The highest BCUT2D eigenvalue weighted by Gasteiger charge is 2.57. The number of nitrogens with zero attached hydrogens (tertiary/aromatic N) is 1. The molecular weight excluding hydrogens is 497 g/mol. The fraction of sp³-hybridized carbons (Fsp3) is 0.364. The minimum atomic E-state index is -1.32. The molecule has 4 atom stereocenters. The van der Waals surface area contributed by atoms with E-state index in [0.29, 0.717) is 23.0 Å². The van der Waals surface area contributed by atoms with Crippen LogP contribution in [-0.4, -0.2) is 45.7 Å². The van der Waals surface area contributed by atoms with Gasteiger partial charge >= 0.3 is 7.12 Å². The van der Waals surface area contributed by atoms with Crippen molar-refractivity contribution < 1.29 is 29.5 Å². The van der Waals surface area contributed by atoms with Crippen LogP contribution in [0.5, 0.6) is 5.75 Å². The van der Waals surface area contributed by atoms with Crippen molar-refractivity contribution in [3.05, 3.63) is 61.7 Å². The maximum Gasteiger partial charge on any atom is 0.487 e. The van der Waals surface area contributed by atoms with Crippen molar-refractivity contribution in [2.45, 2.75) is 25.5 Å². The number of benzene rings is 1. The third-order valence-electron chi connectivity index (χ3n) is 6.72. The molecule has 0 spiro atoms. The van der Waals surface area contributed by atoms with Gasteiger partial charge in [-0.1, -0.05) is 22.0 Å². The lowest BCUT2D eigenvalue weighted by atomic mass is 9.55. The molecule has 0 unspecified atom stereocenters. The molecule has 1 aromatic carbocycles. The van der Waals surface area contributed by atoms with E-state index in [1.807, 2.05) is 17.5 Å². The number of hydrogen-bond acceptors (Lipinski definition) is 7. The van der Waals surface area contributed by atoms with Crippen LogP contribution in [0.25, 0.3) is 0 Å². The number of rotatable bonds is 4. The molecule has 0 radical (unpaired) electrons. The van der Waals surface area contributed by atoms with Crippen LogP contribution >= 0.6 is 27.3 Å². The molecule has 10 heteroatoms. The Bertz CT molecular complexity index is 1110.